The summed E-state index contributed by atoms with van der Waals surface area (Å²) in [4.78, 5) is 27.8. The lowest BCUT2D eigenvalue weighted by Crippen LogP contribution is -2.09. The van der Waals surface area contributed by atoms with Gasteiger partial charge in [0.25, 0.3) is 10.1 Å². The second-order valence-electron chi connectivity index (χ2n) is 11.5. The van der Waals surface area contributed by atoms with Crippen molar-refractivity contribution >= 4 is 85.5 Å². The molecule has 2 heterocycles. The second-order valence-corrected chi connectivity index (χ2v) is 13.4. The number of nitrogens with zero attached hydrogens (tertiary/aromatic N) is 9. The Balaban J connectivity index is 1.41. The van der Waals surface area contributed by atoms with Gasteiger partial charge in [-0.05, 0) is 73.2 Å². The van der Waals surface area contributed by atoms with E-state index in [-0.39, 0.29) is 51.0 Å². The molecule has 55 heavy (non-hydrogen) atoms. The summed E-state index contributed by atoms with van der Waals surface area (Å²) in [5.41, 5.74) is 0.695. The van der Waals surface area contributed by atoms with Crippen LogP contribution in [-0.2, 0) is 26.1 Å². The molecule has 0 aliphatic rings. The molecule has 0 bridgehead atoms. The van der Waals surface area contributed by atoms with Gasteiger partial charge in [-0.1, -0.05) is 12.1 Å². The zero-order chi connectivity index (χ0) is 39.4. The van der Waals surface area contributed by atoms with Crippen molar-refractivity contribution < 1.29 is 42.6 Å². The van der Waals surface area contributed by atoms with Crippen LogP contribution in [0.5, 0.6) is 11.6 Å². The Hall–Kier alpha value is -7.08. The number of para-hydroxylation sites is 2. The van der Waals surface area contributed by atoms with Gasteiger partial charge in [-0.25, -0.2) is 9.78 Å². The van der Waals surface area contributed by atoms with Crippen LogP contribution < -0.4 is 4.74 Å². The van der Waals surface area contributed by atoms with E-state index < -0.39 is 45.9 Å². The first kappa shape index (κ1) is 37.7. The van der Waals surface area contributed by atoms with Crippen molar-refractivity contribution in [3.8, 4) is 17.7 Å². The SMILES string of the molecule is Cc1cc(N=Nc2c(CC(=O)O)c(C#N)c3nc4ccccc4n3c2O)c(OCC(=O)O)cc1N=Nc1ccc(N=Nc2ccc(S)cc2)cc1S(=O)(=O)O. The summed E-state index contributed by atoms with van der Waals surface area (Å²) in [5.74, 6) is -3.44. The molecule has 6 aromatic rings. The number of carboxylic acids is 2. The van der Waals surface area contributed by atoms with E-state index in [2.05, 4.69) is 48.3 Å². The predicted octanol–water partition coefficient (Wildman–Crippen LogP) is 8.25. The number of aromatic hydroxyl groups is 1. The number of fused-ring (bicyclic) bond motifs is 3. The van der Waals surface area contributed by atoms with Crippen LogP contribution in [0.3, 0.4) is 0 Å². The smallest absolute Gasteiger partial charge is 0.341 e. The number of benzene rings is 4. The minimum Gasteiger partial charge on any atom is -0.493 e. The van der Waals surface area contributed by atoms with Gasteiger partial charge in [0.2, 0.25) is 5.88 Å². The number of rotatable bonds is 12. The molecule has 18 nitrogen and oxygen atoms in total. The number of thiol groups is 1. The molecule has 0 radical (unpaired) electrons. The van der Waals surface area contributed by atoms with Gasteiger partial charge in [0.05, 0.1) is 34.5 Å². The van der Waals surface area contributed by atoms with E-state index in [9.17, 15) is 43.1 Å². The maximum absolute atomic E-state index is 12.3. The van der Waals surface area contributed by atoms with E-state index in [1.54, 1.807) is 55.5 Å². The third-order valence-corrected chi connectivity index (χ3v) is 8.92. The van der Waals surface area contributed by atoms with Crippen molar-refractivity contribution in [2.45, 2.75) is 23.1 Å². The molecule has 0 atom stereocenters. The Kier molecular flexibility index (Phi) is 10.6. The van der Waals surface area contributed by atoms with Crippen LogP contribution in [-0.4, -0.2) is 56.2 Å². The topological polar surface area (TPSA) is 274 Å². The number of imidazole rings is 1. The lowest BCUT2D eigenvalue weighted by atomic mass is 10.0. The lowest BCUT2D eigenvalue weighted by molar-refractivity contribution is -0.139. The van der Waals surface area contributed by atoms with Gasteiger partial charge in [0, 0.05) is 16.5 Å². The molecule has 0 aliphatic heterocycles. The number of hydrogen-bond donors (Lipinski definition) is 5. The molecule has 2 aromatic heterocycles. The van der Waals surface area contributed by atoms with Crippen molar-refractivity contribution in [2.24, 2.45) is 30.7 Å². The molecular weight excluding hydrogens is 755 g/mol. The van der Waals surface area contributed by atoms with Crippen molar-refractivity contribution in [1.82, 2.24) is 9.38 Å². The highest BCUT2D eigenvalue weighted by Gasteiger charge is 2.25. The van der Waals surface area contributed by atoms with Crippen molar-refractivity contribution in [3.05, 3.63) is 95.6 Å². The van der Waals surface area contributed by atoms with Crippen molar-refractivity contribution in [3.63, 3.8) is 0 Å². The Morgan fingerprint density at radius 3 is 2.24 bits per heavy atom. The van der Waals surface area contributed by atoms with Gasteiger partial charge >= 0.3 is 11.9 Å². The maximum atomic E-state index is 12.3. The Morgan fingerprint density at radius 2 is 1.55 bits per heavy atom. The number of carbonyl (C=O) groups is 2. The first-order chi connectivity index (χ1) is 26.2. The quantitative estimate of drug-likeness (QED) is 0.0448. The molecule has 0 aliphatic carbocycles. The van der Waals surface area contributed by atoms with E-state index in [0.29, 0.717) is 27.2 Å². The molecular formula is C35H25N9O9S2. The summed E-state index contributed by atoms with van der Waals surface area (Å²) < 4.78 is 41.2. The first-order valence-corrected chi connectivity index (χ1v) is 17.5. The standard InChI is InChI=1S/C35H25N9O9S2/c1-18-12-27(42-43-33-22(14-31(45)46)23(16-36)34-37-24-4-2-3-5-28(24)44(34)35(33)49)29(53-17-32(47)48)15-26(18)41-40-25-11-8-20(13-30(25)55(50,51)52)39-38-19-6-9-21(54)10-7-19/h2-13,15,49,54H,14,17H2,1H3,(H,45,46)(H,47,48)(H,50,51,52). The number of carboxylic acid groups (broad SMARTS) is 2. The van der Waals surface area contributed by atoms with Gasteiger partial charge in [0.15, 0.2) is 17.9 Å². The van der Waals surface area contributed by atoms with E-state index in [4.69, 9.17) is 4.74 Å². The summed E-state index contributed by atoms with van der Waals surface area (Å²) in [5, 5.41) is 64.9. The van der Waals surface area contributed by atoms with Crippen LogP contribution in [0.4, 0.5) is 34.1 Å². The number of aromatic nitrogens is 2. The molecule has 276 valence electrons. The molecule has 0 fully saturated rings. The minimum atomic E-state index is -4.83. The normalized spacial score (nSPS) is 12.0. The van der Waals surface area contributed by atoms with Crippen LogP contribution in [0.2, 0.25) is 0 Å². The van der Waals surface area contributed by atoms with Crippen LogP contribution >= 0.6 is 12.6 Å². The summed E-state index contributed by atoms with van der Waals surface area (Å²) in [6, 6.07) is 21.6. The third kappa shape index (κ3) is 8.28. The highest BCUT2D eigenvalue weighted by Crippen LogP contribution is 2.42. The summed E-state index contributed by atoms with van der Waals surface area (Å²) >= 11 is 4.21. The van der Waals surface area contributed by atoms with Crippen molar-refractivity contribution in [2.75, 3.05) is 6.61 Å². The Labute approximate surface area is 315 Å². The average Bonchev–Trinajstić information content (AvgIpc) is 3.53. The number of nitriles is 1. The number of azo groups is 3. The van der Waals surface area contributed by atoms with Crippen LogP contribution in [0, 0.1) is 18.3 Å². The van der Waals surface area contributed by atoms with Gasteiger partial charge in [0.1, 0.15) is 33.7 Å². The van der Waals surface area contributed by atoms with Gasteiger partial charge in [-0.15, -0.1) is 28.0 Å². The highest BCUT2D eigenvalue weighted by molar-refractivity contribution is 7.86. The molecule has 0 saturated heterocycles. The Morgan fingerprint density at radius 1 is 0.873 bits per heavy atom. The monoisotopic (exact) mass is 779 g/mol. The molecule has 0 amide bonds. The number of hydrogen-bond acceptors (Lipinski definition) is 15. The largest absolute Gasteiger partial charge is 0.493 e. The van der Waals surface area contributed by atoms with Crippen LogP contribution in [0.15, 0.2) is 119 Å². The number of ether oxygens (including phenoxy) is 1. The number of pyridine rings is 1. The summed E-state index contributed by atoms with van der Waals surface area (Å²) in [6.45, 7) is 0.720. The van der Waals surface area contributed by atoms with Gasteiger partial charge in [-0.2, -0.15) is 29.0 Å². The summed E-state index contributed by atoms with van der Waals surface area (Å²) in [7, 11) is -4.83. The summed E-state index contributed by atoms with van der Waals surface area (Å²) in [6.07, 6.45) is -0.731. The molecule has 20 heteroatoms. The zero-order valence-corrected chi connectivity index (χ0v) is 29.8. The Bertz CT molecular complexity index is 2780. The number of aliphatic carboxylic acids is 2. The lowest BCUT2D eigenvalue weighted by Gasteiger charge is -2.12. The fourth-order valence-electron chi connectivity index (χ4n) is 5.25. The predicted molar refractivity (Wildman–Crippen MR) is 197 cm³/mol. The minimum absolute atomic E-state index is 0.00313. The van der Waals surface area contributed by atoms with E-state index in [1.165, 1.54) is 28.7 Å². The van der Waals surface area contributed by atoms with E-state index >= 15 is 0 Å². The highest BCUT2D eigenvalue weighted by atomic mass is 32.2. The fraction of sp³-hybridized carbons (Fsp3) is 0.0857. The molecule has 0 spiro atoms. The van der Waals surface area contributed by atoms with Gasteiger partial charge in [-0.3, -0.25) is 13.7 Å². The molecule has 4 N–H and O–H groups in total. The number of aryl methyl sites for hydroxylation is 1. The fourth-order valence-corrected chi connectivity index (χ4v) is 6.04. The van der Waals surface area contributed by atoms with Crippen molar-refractivity contribution in [1.29, 1.82) is 5.26 Å². The van der Waals surface area contributed by atoms with Crippen LogP contribution in [0.25, 0.3) is 16.7 Å². The molecule has 0 saturated carbocycles. The zero-order valence-electron chi connectivity index (χ0n) is 28.1. The van der Waals surface area contributed by atoms with E-state index in [1.807, 2.05) is 6.07 Å². The molecule has 0 unspecified atom stereocenters. The average molecular weight is 780 g/mol. The van der Waals surface area contributed by atoms with E-state index in [0.717, 1.165) is 6.07 Å². The van der Waals surface area contributed by atoms with Gasteiger partial charge < -0.3 is 20.1 Å². The third-order valence-electron chi connectivity index (χ3n) is 7.74. The molecule has 6 rings (SSSR count). The second kappa shape index (κ2) is 15.5. The maximum Gasteiger partial charge on any atom is 0.341 e. The van der Waals surface area contributed by atoms with Crippen LogP contribution in [0.1, 0.15) is 16.7 Å². The first-order valence-electron chi connectivity index (χ1n) is 15.7. The molecule has 4 aromatic carbocycles.